The Morgan fingerprint density at radius 1 is 1.37 bits per heavy atom. The van der Waals surface area contributed by atoms with Crippen LogP contribution in [0.1, 0.15) is 23.2 Å². The van der Waals surface area contributed by atoms with E-state index >= 15 is 0 Å². The number of hydrogen-bond donors (Lipinski definition) is 0. The zero-order valence-electron chi connectivity index (χ0n) is 11.2. The van der Waals surface area contributed by atoms with Crippen LogP contribution in [0.5, 0.6) is 0 Å². The van der Waals surface area contributed by atoms with E-state index in [4.69, 9.17) is 11.6 Å². The van der Waals surface area contributed by atoms with Gasteiger partial charge < -0.3 is 9.80 Å². The molecule has 5 heteroatoms. The van der Waals surface area contributed by atoms with E-state index in [-0.39, 0.29) is 5.91 Å². The first-order chi connectivity index (χ1) is 8.99. The molecule has 0 aliphatic carbocycles. The molecule has 1 aromatic carbocycles. The molecule has 1 aromatic rings. The Kier molecular flexibility index (Phi) is 4.87. The van der Waals surface area contributed by atoms with Crippen molar-refractivity contribution < 1.29 is 4.79 Å². The molecule has 1 saturated heterocycles. The molecule has 2 rings (SSSR count). The highest BCUT2D eigenvalue weighted by Crippen LogP contribution is 2.24. The predicted octanol–water partition coefficient (Wildman–Crippen LogP) is 3.27. The Morgan fingerprint density at radius 3 is 2.58 bits per heavy atom. The van der Waals surface area contributed by atoms with Gasteiger partial charge in [-0.05, 0) is 45.1 Å². The van der Waals surface area contributed by atoms with E-state index in [1.165, 1.54) is 0 Å². The van der Waals surface area contributed by atoms with Crippen molar-refractivity contribution in [1.29, 1.82) is 0 Å². The molecule has 0 saturated carbocycles. The van der Waals surface area contributed by atoms with E-state index in [1.54, 1.807) is 12.1 Å². The van der Waals surface area contributed by atoms with Gasteiger partial charge in [0, 0.05) is 23.6 Å². The molecule has 0 bridgehead atoms. The molecule has 1 aliphatic heterocycles. The number of piperidine rings is 1. The minimum absolute atomic E-state index is 0.0310. The summed E-state index contributed by atoms with van der Waals surface area (Å²) in [5.41, 5.74) is 0.583. The maximum Gasteiger partial charge on any atom is 0.255 e. The van der Waals surface area contributed by atoms with Crippen molar-refractivity contribution in [3.8, 4) is 0 Å². The molecule has 1 aliphatic rings. The number of amides is 1. The third kappa shape index (κ3) is 3.50. The number of carbonyl (C=O) groups is 1. The monoisotopic (exact) mass is 344 g/mol. The fourth-order valence-electron chi connectivity index (χ4n) is 2.42. The lowest BCUT2D eigenvalue weighted by atomic mass is 10.0. The lowest BCUT2D eigenvalue weighted by molar-refractivity contribution is 0.0663. The number of carbonyl (C=O) groups excluding carboxylic acids is 1. The third-order valence-corrected chi connectivity index (χ3v) is 4.46. The van der Waals surface area contributed by atoms with Crippen LogP contribution in [0.15, 0.2) is 22.7 Å². The van der Waals surface area contributed by atoms with Crippen LogP contribution in [0.4, 0.5) is 0 Å². The van der Waals surface area contributed by atoms with Crippen molar-refractivity contribution in [2.75, 3.05) is 27.2 Å². The zero-order valence-corrected chi connectivity index (χ0v) is 13.5. The molecule has 0 radical (unpaired) electrons. The molecular weight excluding hydrogens is 328 g/mol. The Bertz CT molecular complexity index is 471. The maximum absolute atomic E-state index is 12.5. The van der Waals surface area contributed by atoms with Gasteiger partial charge in [0.1, 0.15) is 0 Å². The number of nitrogens with zero attached hydrogens (tertiary/aromatic N) is 2. The fourth-order valence-corrected chi connectivity index (χ4v) is 2.98. The lowest BCUT2D eigenvalue weighted by Crippen LogP contribution is -2.44. The molecule has 0 N–H and O–H groups in total. The summed E-state index contributed by atoms with van der Waals surface area (Å²) in [5, 5.41) is 0.517. The van der Waals surface area contributed by atoms with Gasteiger partial charge in [0.15, 0.2) is 0 Å². The van der Waals surface area contributed by atoms with Crippen LogP contribution < -0.4 is 0 Å². The summed E-state index contributed by atoms with van der Waals surface area (Å²) in [6.45, 7) is 1.59. The van der Waals surface area contributed by atoms with E-state index in [0.717, 1.165) is 30.4 Å². The molecule has 1 amide bonds. The van der Waals surface area contributed by atoms with Crippen molar-refractivity contribution >= 4 is 33.4 Å². The number of likely N-dealkylation sites (tertiary alicyclic amines) is 1. The molecule has 0 atom stereocenters. The summed E-state index contributed by atoms with van der Waals surface area (Å²) in [6.07, 6.45) is 2.04. The first-order valence-corrected chi connectivity index (χ1v) is 7.57. The standard InChI is InChI=1S/C14H18BrClN2O/c1-17(2)11-5-7-18(8-6-11)14(19)12-9-10(15)3-4-13(12)16/h3-4,9,11H,5-8H2,1-2H3. The largest absolute Gasteiger partial charge is 0.338 e. The number of benzene rings is 1. The van der Waals surface area contributed by atoms with Crippen LogP contribution >= 0.6 is 27.5 Å². The molecule has 1 heterocycles. The van der Waals surface area contributed by atoms with Gasteiger partial charge in [-0.1, -0.05) is 27.5 Å². The second-order valence-corrected chi connectivity index (χ2v) is 6.43. The van der Waals surface area contributed by atoms with Gasteiger partial charge >= 0.3 is 0 Å². The van der Waals surface area contributed by atoms with Crippen LogP contribution in [0.3, 0.4) is 0 Å². The summed E-state index contributed by atoms with van der Waals surface area (Å²) in [7, 11) is 4.18. The second kappa shape index (κ2) is 6.25. The molecular formula is C14H18BrClN2O. The van der Waals surface area contributed by atoms with Gasteiger partial charge in [0.2, 0.25) is 0 Å². The molecule has 19 heavy (non-hydrogen) atoms. The van der Waals surface area contributed by atoms with Gasteiger partial charge in [-0.3, -0.25) is 4.79 Å². The molecule has 0 aromatic heterocycles. The van der Waals surface area contributed by atoms with Crippen LogP contribution in [-0.4, -0.2) is 48.9 Å². The maximum atomic E-state index is 12.5. The van der Waals surface area contributed by atoms with Crippen molar-refractivity contribution in [1.82, 2.24) is 9.80 Å². The predicted molar refractivity (Wildman–Crippen MR) is 81.8 cm³/mol. The average molecular weight is 346 g/mol. The van der Waals surface area contributed by atoms with Gasteiger partial charge in [0.05, 0.1) is 10.6 Å². The van der Waals surface area contributed by atoms with E-state index < -0.39 is 0 Å². The van der Waals surface area contributed by atoms with E-state index in [9.17, 15) is 4.79 Å². The number of hydrogen-bond acceptors (Lipinski definition) is 2. The van der Waals surface area contributed by atoms with Crippen LogP contribution in [0.25, 0.3) is 0 Å². The topological polar surface area (TPSA) is 23.6 Å². The van der Waals surface area contributed by atoms with Crippen LogP contribution in [-0.2, 0) is 0 Å². The lowest BCUT2D eigenvalue weighted by Gasteiger charge is -2.35. The van der Waals surface area contributed by atoms with Gasteiger partial charge in [-0.15, -0.1) is 0 Å². The van der Waals surface area contributed by atoms with Crippen molar-refractivity contribution in [2.45, 2.75) is 18.9 Å². The number of halogens is 2. The van der Waals surface area contributed by atoms with Gasteiger partial charge in [0.25, 0.3) is 5.91 Å². The van der Waals surface area contributed by atoms with E-state index in [1.807, 2.05) is 11.0 Å². The molecule has 0 spiro atoms. The Morgan fingerprint density at radius 2 is 2.00 bits per heavy atom. The first kappa shape index (κ1) is 14.8. The third-order valence-electron chi connectivity index (χ3n) is 3.64. The van der Waals surface area contributed by atoms with E-state index in [0.29, 0.717) is 16.6 Å². The zero-order chi connectivity index (χ0) is 14.0. The van der Waals surface area contributed by atoms with Crippen molar-refractivity contribution in [2.24, 2.45) is 0 Å². The summed E-state index contributed by atoms with van der Waals surface area (Å²) in [5.74, 6) is 0.0310. The molecule has 1 fully saturated rings. The molecule has 3 nitrogen and oxygen atoms in total. The molecule has 104 valence electrons. The molecule has 0 unspecified atom stereocenters. The average Bonchev–Trinajstić information content (AvgIpc) is 2.41. The SMILES string of the molecule is CN(C)C1CCN(C(=O)c2cc(Br)ccc2Cl)CC1. The smallest absolute Gasteiger partial charge is 0.255 e. The quantitative estimate of drug-likeness (QED) is 0.821. The van der Waals surface area contributed by atoms with Crippen LogP contribution in [0, 0.1) is 0 Å². The second-order valence-electron chi connectivity index (χ2n) is 5.11. The summed E-state index contributed by atoms with van der Waals surface area (Å²) in [6, 6.07) is 5.97. The summed E-state index contributed by atoms with van der Waals surface area (Å²) in [4.78, 5) is 16.6. The first-order valence-electron chi connectivity index (χ1n) is 6.40. The van der Waals surface area contributed by atoms with E-state index in [2.05, 4.69) is 34.9 Å². The Labute approximate surface area is 127 Å². The van der Waals surface area contributed by atoms with Crippen LogP contribution in [0.2, 0.25) is 5.02 Å². The fraction of sp³-hybridized carbons (Fsp3) is 0.500. The van der Waals surface area contributed by atoms with Crippen molar-refractivity contribution in [3.63, 3.8) is 0 Å². The minimum Gasteiger partial charge on any atom is -0.338 e. The highest BCUT2D eigenvalue weighted by atomic mass is 79.9. The Hall–Kier alpha value is -0.580. The Balaban J connectivity index is 2.07. The normalized spacial score (nSPS) is 17.0. The highest BCUT2D eigenvalue weighted by molar-refractivity contribution is 9.10. The van der Waals surface area contributed by atoms with Gasteiger partial charge in [-0.25, -0.2) is 0 Å². The minimum atomic E-state index is 0.0310. The summed E-state index contributed by atoms with van der Waals surface area (Å²) < 4.78 is 0.878. The van der Waals surface area contributed by atoms with Gasteiger partial charge in [-0.2, -0.15) is 0 Å². The number of rotatable bonds is 2. The van der Waals surface area contributed by atoms with Crippen molar-refractivity contribution in [3.05, 3.63) is 33.3 Å². The highest BCUT2D eigenvalue weighted by Gasteiger charge is 2.25. The summed E-state index contributed by atoms with van der Waals surface area (Å²) >= 11 is 9.49.